The Morgan fingerprint density at radius 2 is 1.50 bits per heavy atom. The van der Waals surface area contributed by atoms with Crippen molar-refractivity contribution in [2.24, 2.45) is 0 Å². The van der Waals surface area contributed by atoms with E-state index < -0.39 is 0 Å². The van der Waals surface area contributed by atoms with E-state index in [4.69, 9.17) is 4.74 Å². The second-order valence-electron chi connectivity index (χ2n) is 5.76. The van der Waals surface area contributed by atoms with Crippen LogP contribution in [0.15, 0.2) is 66.7 Å². The van der Waals surface area contributed by atoms with Gasteiger partial charge in [-0.05, 0) is 35.8 Å². The highest BCUT2D eigenvalue weighted by atomic mass is 16.5. The lowest BCUT2D eigenvalue weighted by molar-refractivity contribution is 0.352. The van der Waals surface area contributed by atoms with Gasteiger partial charge in [-0.1, -0.05) is 62.9 Å². The lowest BCUT2D eigenvalue weighted by Gasteiger charge is -2.26. The lowest BCUT2D eigenvalue weighted by atomic mass is 9.78. The molecule has 0 saturated heterocycles. The molecular weight excluding hydrogens is 244 g/mol. The summed E-state index contributed by atoms with van der Waals surface area (Å²) in [7, 11) is 0. The fourth-order valence-corrected chi connectivity index (χ4v) is 2.20. The van der Waals surface area contributed by atoms with Crippen molar-refractivity contribution in [2.45, 2.75) is 26.2 Å². The molecule has 0 saturated carbocycles. The van der Waals surface area contributed by atoms with Gasteiger partial charge in [0.25, 0.3) is 0 Å². The third kappa shape index (κ3) is 3.30. The third-order valence-corrected chi connectivity index (χ3v) is 3.56. The molecule has 0 fully saturated rings. The first-order chi connectivity index (χ1) is 9.50. The van der Waals surface area contributed by atoms with E-state index >= 15 is 0 Å². The van der Waals surface area contributed by atoms with Gasteiger partial charge < -0.3 is 4.74 Å². The van der Waals surface area contributed by atoms with Crippen molar-refractivity contribution in [3.8, 4) is 5.75 Å². The van der Waals surface area contributed by atoms with Crippen LogP contribution in [0, 0.1) is 0 Å². The highest BCUT2D eigenvalue weighted by Gasteiger charge is 2.22. The summed E-state index contributed by atoms with van der Waals surface area (Å²) < 4.78 is 5.64. The standard InChI is InChI=1S/C19H22O/c1-15(2)14-20-18-12-10-17(11-13-18)19(3,4)16-8-6-5-7-9-16/h5-13H,1,14H2,2-4H3. The molecule has 0 aromatic heterocycles. The Balaban J connectivity index is 2.19. The van der Waals surface area contributed by atoms with E-state index in [1.807, 2.05) is 25.1 Å². The molecule has 0 unspecified atom stereocenters. The molecule has 2 aromatic carbocycles. The van der Waals surface area contributed by atoms with Crippen molar-refractivity contribution in [3.63, 3.8) is 0 Å². The molecule has 2 rings (SSSR count). The molecule has 0 atom stereocenters. The molecule has 0 aliphatic rings. The minimum Gasteiger partial charge on any atom is -0.489 e. The summed E-state index contributed by atoms with van der Waals surface area (Å²) in [5.41, 5.74) is 3.62. The largest absolute Gasteiger partial charge is 0.489 e. The second-order valence-corrected chi connectivity index (χ2v) is 5.76. The Kier molecular flexibility index (Phi) is 4.29. The molecule has 0 aliphatic heterocycles. The maximum absolute atomic E-state index is 5.64. The summed E-state index contributed by atoms with van der Waals surface area (Å²) in [5, 5.41) is 0. The smallest absolute Gasteiger partial charge is 0.119 e. The van der Waals surface area contributed by atoms with Gasteiger partial charge in [-0.2, -0.15) is 0 Å². The van der Waals surface area contributed by atoms with Crippen LogP contribution in [0.5, 0.6) is 5.75 Å². The van der Waals surface area contributed by atoms with Crippen LogP contribution in [0.25, 0.3) is 0 Å². The summed E-state index contributed by atoms with van der Waals surface area (Å²) in [5.74, 6) is 0.889. The molecule has 20 heavy (non-hydrogen) atoms. The number of ether oxygens (including phenoxy) is 1. The highest BCUT2D eigenvalue weighted by molar-refractivity contribution is 5.39. The van der Waals surface area contributed by atoms with Crippen LogP contribution in [0.1, 0.15) is 31.9 Å². The first-order valence-corrected chi connectivity index (χ1v) is 6.93. The Morgan fingerprint density at radius 3 is 2.05 bits per heavy atom. The van der Waals surface area contributed by atoms with Crippen LogP contribution in [0.3, 0.4) is 0 Å². The summed E-state index contributed by atoms with van der Waals surface area (Å²) >= 11 is 0. The summed E-state index contributed by atoms with van der Waals surface area (Å²) in [6, 6.07) is 18.9. The van der Waals surface area contributed by atoms with Gasteiger partial charge in [0, 0.05) is 5.41 Å². The van der Waals surface area contributed by atoms with Gasteiger partial charge in [-0.3, -0.25) is 0 Å². The van der Waals surface area contributed by atoms with E-state index in [0.717, 1.165) is 11.3 Å². The van der Waals surface area contributed by atoms with Crippen molar-refractivity contribution in [1.29, 1.82) is 0 Å². The van der Waals surface area contributed by atoms with Gasteiger partial charge >= 0.3 is 0 Å². The summed E-state index contributed by atoms with van der Waals surface area (Å²) in [4.78, 5) is 0. The van der Waals surface area contributed by atoms with Gasteiger partial charge in [0.1, 0.15) is 12.4 Å². The Labute approximate surface area is 121 Å². The third-order valence-electron chi connectivity index (χ3n) is 3.56. The van der Waals surface area contributed by atoms with Crippen LogP contribution in [0.4, 0.5) is 0 Å². The van der Waals surface area contributed by atoms with Crippen molar-refractivity contribution >= 4 is 0 Å². The zero-order valence-corrected chi connectivity index (χ0v) is 12.5. The first-order valence-electron chi connectivity index (χ1n) is 6.93. The first kappa shape index (κ1) is 14.4. The zero-order chi connectivity index (χ0) is 14.6. The average Bonchev–Trinajstić information content (AvgIpc) is 2.46. The second kappa shape index (κ2) is 5.96. The van der Waals surface area contributed by atoms with E-state index in [0.29, 0.717) is 6.61 Å². The molecule has 1 heteroatoms. The molecule has 0 spiro atoms. The predicted octanol–water partition coefficient (Wildman–Crippen LogP) is 4.97. The van der Waals surface area contributed by atoms with Gasteiger partial charge in [0.15, 0.2) is 0 Å². The van der Waals surface area contributed by atoms with E-state index in [2.05, 4.69) is 56.8 Å². The Hall–Kier alpha value is -2.02. The maximum Gasteiger partial charge on any atom is 0.119 e. The number of benzene rings is 2. The molecule has 0 aliphatic carbocycles. The fourth-order valence-electron chi connectivity index (χ4n) is 2.20. The molecule has 0 heterocycles. The molecule has 0 bridgehead atoms. The molecule has 0 amide bonds. The van der Waals surface area contributed by atoms with Crippen molar-refractivity contribution in [1.82, 2.24) is 0 Å². The monoisotopic (exact) mass is 266 g/mol. The van der Waals surface area contributed by atoms with Crippen LogP contribution in [0.2, 0.25) is 0 Å². The van der Waals surface area contributed by atoms with E-state index in [1.54, 1.807) is 0 Å². The summed E-state index contributed by atoms with van der Waals surface area (Å²) in [6.45, 7) is 10.9. The van der Waals surface area contributed by atoms with E-state index in [9.17, 15) is 0 Å². The van der Waals surface area contributed by atoms with Crippen molar-refractivity contribution in [3.05, 3.63) is 77.9 Å². The minimum absolute atomic E-state index is 0.00581. The van der Waals surface area contributed by atoms with Gasteiger partial charge in [-0.15, -0.1) is 0 Å². The minimum atomic E-state index is -0.00581. The Morgan fingerprint density at radius 1 is 0.950 bits per heavy atom. The fraction of sp³-hybridized carbons (Fsp3) is 0.263. The van der Waals surface area contributed by atoms with Crippen LogP contribution in [-0.4, -0.2) is 6.61 Å². The zero-order valence-electron chi connectivity index (χ0n) is 12.5. The topological polar surface area (TPSA) is 9.23 Å². The van der Waals surface area contributed by atoms with Crippen LogP contribution >= 0.6 is 0 Å². The van der Waals surface area contributed by atoms with E-state index in [-0.39, 0.29) is 5.41 Å². The lowest BCUT2D eigenvalue weighted by Crippen LogP contribution is -2.18. The molecule has 0 N–H and O–H groups in total. The highest BCUT2D eigenvalue weighted by Crippen LogP contribution is 2.32. The predicted molar refractivity (Wildman–Crippen MR) is 85.3 cm³/mol. The van der Waals surface area contributed by atoms with Gasteiger partial charge in [0.2, 0.25) is 0 Å². The van der Waals surface area contributed by atoms with Gasteiger partial charge in [-0.25, -0.2) is 0 Å². The van der Waals surface area contributed by atoms with Crippen LogP contribution in [-0.2, 0) is 5.41 Å². The normalized spacial score (nSPS) is 11.2. The molecule has 104 valence electrons. The van der Waals surface area contributed by atoms with Crippen molar-refractivity contribution < 1.29 is 4.74 Å². The number of rotatable bonds is 5. The number of hydrogen-bond acceptors (Lipinski definition) is 1. The van der Waals surface area contributed by atoms with Gasteiger partial charge in [0.05, 0.1) is 0 Å². The SMILES string of the molecule is C=C(C)COc1ccc(C(C)(C)c2ccccc2)cc1. The average molecular weight is 266 g/mol. The molecule has 1 nitrogen and oxygen atoms in total. The quantitative estimate of drug-likeness (QED) is 0.694. The summed E-state index contributed by atoms with van der Waals surface area (Å²) in [6.07, 6.45) is 0. The number of hydrogen-bond donors (Lipinski definition) is 0. The Bertz CT molecular complexity index is 564. The van der Waals surface area contributed by atoms with Crippen molar-refractivity contribution in [2.75, 3.05) is 6.61 Å². The maximum atomic E-state index is 5.64. The molecular formula is C19H22O. The van der Waals surface area contributed by atoms with E-state index in [1.165, 1.54) is 11.1 Å². The molecule has 0 radical (unpaired) electrons. The van der Waals surface area contributed by atoms with Crippen LogP contribution < -0.4 is 4.74 Å². The molecule has 2 aromatic rings.